The van der Waals surface area contributed by atoms with Crippen molar-refractivity contribution in [3.8, 4) is 11.6 Å². The van der Waals surface area contributed by atoms with Crippen LogP contribution in [0.2, 0.25) is 0 Å². The van der Waals surface area contributed by atoms with E-state index in [2.05, 4.69) is 20.4 Å². The molecule has 1 aliphatic heterocycles. The summed E-state index contributed by atoms with van der Waals surface area (Å²) in [4.78, 5) is 18.8. The average Bonchev–Trinajstić information content (AvgIpc) is 3.08. The lowest BCUT2D eigenvalue weighted by Gasteiger charge is -2.24. The highest BCUT2D eigenvalue weighted by molar-refractivity contribution is 5.69. The van der Waals surface area contributed by atoms with E-state index in [1.165, 1.54) is 11.9 Å². The minimum absolute atomic E-state index is 0.0102. The van der Waals surface area contributed by atoms with Gasteiger partial charge < -0.3 is 4.74 Å². The highest BCUT2D eigenvalue weighted by Crippen LogP contribution is 2.32. The Labute approximate surface area is 136 Å². The van der Waals surface area contributed by atoms with E-state index in [9.17, 15) is 13.6 Å². The highest BCUT2D eigenvalue weighted by Gasteiger charge is 2.35. The van der Waals surface area contributed by atoms with Gasteiger partial charge >= 0.3 is 12.6 Å². The third kappa shape index (κ3) is 2.93. The lowest BCUT2D eigenvalue weighted by atomic mass is 10.2. The maximum Gasteiger partial charge on any atom is 0.410 e. The minimum Gasteiger partial charge on any atom is -0.444 e. The normalized spacial score (nSPS) is 14.4. The Morgan fingerprint density at radius 2 is 2.00 bits per heavy atom. The molecule has 0 aromatic carbocycles. The van der Waals surface area contributed by atoms with Crippen LogP contribution in [-0.2, 0) is 24.9 Å². The van der Waals surface area contributed by atoms with Crippen molar-refractivity contribution in [2.24, 2.45) is 7.05 Å². The number of rotatable bonds is 2. The molecular formula is C13H17F2N7O2. The Morgan fingerprint density at radius 1 is 1.29 bits per heavy atom. The zero-order valence-electron chi connectivity index (χ0n) is 13.7. The van der Waals surface area contributed by atoms with Gasteiger partial charge in [-0.25, -0.2) is 9.78 Å². The summed E-state index contributed by atoms with van der Waals surface area (Å²) in [6.45, 7) is 2.47. The summed E-state index contributed by atoms with van der Waals surface area (Å²) in [5, 5.41) is 11.3. The monoisotopic (exact) mass is 341 g/mol. The number of nitrogens with zero attached hydrogens (tertiary/aromatic N) is 7. The molecule has 9 nitrogen and oxygen atoms in total. The molecule has 0 unspecified atom stereocenters. The largest absolute Gasteiger partial charge is 0.444 e. The number of aryl methyl sites for hydroxylation is 1. The van der Waals surface area contributed by atoms with E-state index in [4.69, 9.17) is 4.74 Å². The topological polar surface area (TPSA) is 91.0 Å². The number of carbonyl (C=O) groups excluding carboxylic acids is 1. The van der Waals surface area contributed by atoms with E-state index in [0.717, 1.165) is 9.36 Å². The SMILES string of the molecule is Cn1nnc(-c2nc3c(n2C(F)F)CN(C(=O)OC(C)(C)C)C3)n1. The molecule has 0 saturated carbocycles. The second-order valence-electron chi connectivity index (χ2n) is 6.42. The summed E-state index contributed by atoms with van der Waals surface area (Å²) in [5.41, 5.74) is -0.0354. The van der Waals surface area contributed by atoms with Crippen LogP contribution in [-0.4, -0.2) is 46.4 Å². The van der Waals surface area contributed by atoms with Crippen LogP contribution < -0.4 is 0 Å². The van der Waals surface area contributed by atoms with Crippen LogP contribution in [0.15, 0.2) is 0 Å². The highest BCUT2D eigenvalue weighted by atomic mass is 19.3. The molecule has 1 amide bonds. The molecule has 0 spiro atoms. The number of alkyl halides is 2. The molecule has 24 heavy (non-hydrogen) atoms. The first-order valence-electron chi connectivity index (χ1n) is 7.26. The summed E-state index contributed by atoms with van der Waals surface area (Å²) < 4.78 is 33.0. The Hall–Kier alpha value is -2.59. The lowest BCUT2D eigenvalue weighted by Crippen LogP contribution is -2.33. The molecule has 0 fully saturated rings. The first-order valence-corrected chi connectivity index (χ1v) is 7.26. The summed E-state index contributed by atoms with van der Waals surface area (Å²) in [6.07, 6.45) is -0.569. The van der Waals surface area contributed by atoms with Crippen molar-refractivity contribution >= 4 is 6.09 Å². The molecule has 1 aliphatic rings. The van der Waals surface area contributed by atoms with Crippen LogP contribution in [0.3, 0.4) is 0 Å². The predicted molar refractivity (Wildman–Crippen MR) is 76.8 cm³/mol. The van der Waals surface area contributed by atoms with E-state index < -0.39 is 18.2 Å². The van der Waals surface area contributed by atoms with Crippen molar-refractivity contribution in [3.05, 3.63) is 11.4 Å². The number of hydrogen-bond acceptors (Lipinski definition) is 6. The van der Waals surface area contributed by atoms with Gasteiger partial charge in [0.15, 0.2) is 5.82 Å². The number of hydrogen-bond donors (Lipinski definition) is 0. The molecule has 0 N–H and O–H groups in total. The number of tetrazole rings is 1. The van der Waals surface area contributed by atoms with E-state index in [0.29, 0.717) is 5.69 Å². The van der Waals surface area contributed by atoms with Gasteiger partial charge in [-0.15, -0.1) is 10.2 Å². The fraction of sp³-hybridized carbons (Fsp3) is 0.615. The number of carbonyl (C=O) groups is 1. The first-order chi connectivity index (χ1) is 11.2. The Bertz CT molecular complexity index is 778. The molecular weight excluding hydrogens is 324 g/mol. The zero-order valence-corrected chi connectivity index (χ0v) is 13.7. The van der Waals surface area contributed by atoms with Crippen molar-refractivity contribution in [1.29, 1.82) is 0 Å². The Morgan fingerprint density at radius 3 is 2.54 bits per heavy atom. The Kier molecular flexibility index (Phi) is 3.73. The fourth-order valence-corrected chi connectivity index (χ4v) is 2.42. The van der Waals surface area contributed by atoms with Gasteiger partial charge in [0.25, 0.3) is 0 Å². The molecule has 0 atom stereocenters. The van der Waals surface area contributed by atoms with E-state index in [-0.39, 0.29) is 30.4 Å². The van der Waals surface area contributed by atoms with Crippen molar-refractivity contribution in [2.75, 3.05) is 0 Å². The lowest BCUT2D eigenvalue weighted by molar-refractivity contribution is 0.0223. The molecule has 130 valence electrons. The molecule has 11 heteroatoms. The van der Waals surface area contributed by atoms with E-state index in [1.54, 1.807) is 20.8 Å². The van der Waals surface area contributed by atoms with Gasteiger partial charge in [-0.3, -0.25) is 9.47 Å². The van der Waals surface area contributed by atoms with Gasteiger partial charge in [0.2, 0.25) is 5.82 Å². The third-order valence-corrected chi connectivity index (χ3v) is 3.33. The number of fused-ring (bicyclic) bond motifs is 1. The molecule has 0 bridgehead atoms. The minimum atomic E-state index is -2.83. The van der Waals surface area contributed by atoms with Crippen LogP contribution in [0.25, 0.3) is 11.6 Å². The van der Waals surface area contributed by atoms with Crippen molar-refractivity contribution < 1.29 is 18.3 Å². The number of amides is 1. The first kappa shape index (κ1) is 16.3. The van der Waals surface area contributed by atoms with Gasteiger partial charge in [0, 0.05) is 0 Å². The maximum atomic E-state index is 13.5. The number of halogens is 2. The van der Waals surface area contributed by atoms with Crippen molar-refractivity contribution in [2.45, 2.75) is 46.0 Å². The molecule has 2 aromatic rings. The molecule has 3 heterocycles. The van der Waals surface area contributed by atoms with Gasteiger partial charge in [-0.1, -0.05) is 0 Å². The average molecular weight is 341 g/mol. The molecule has 2 aromatic heterocycles. The smallest absolute Gasteiger partial charge is 0.410 e. The number of ether oxygens (including phenoxy) is 1. The van der Waals surface area contributed by atoms with E-state index >= 15 is 0 Å². The second kappa shape index (κ2) is 5.49. The number of aromatic nitrogens is 6. The van der Waals surface area contributed by atoms with Crippen LogP contribution in [0, 0.1) is 0 Å². The molecule has 3 rings (SSSR count). The second-order valence-corrected chi connectivity index (χ2v) is 6.42. The summed E-state index contributed by atoms with van der Waals surface area (Å²) >= 11 is 0. The van der Waals surface area contributed by atoms with Crippen molar-refractivity contribution in [3.63, 3.8) is 0 Å². The van der Waals surface area contributed by atoms with Gasteiger partial charge in [-0.2, -0.15) is 13.6 Å². The van der Waals surface area contributed by atoms with Crippen LogP contribution >= 0.6 is 0 Å². The maximum absolute atomic E-state index is 13.5. The van der Waals surface area contributed by atoms with Crippen LogP contribution in [0.5, 0.6) is 0 Å². The van der Waals surface area contributed by atoms with Gasteiger partial charge in [0.1, 0.15) is 5.60 Å². The van der Waals surface area contributed by atoms with Crippen LogP contribution in [0.1, 0.15) is 38.7 Å². The summed E-state index contributed by atoms with van der Waals surface area (Å²) in [6, 6.07) is 0. The molecule has 0 radical (unpaired) electrons. The fourth-order valence-electron chi connectivity index (χ4n) is 2.42. The number of imidazole rings is 1. The third-order valence-electron chi connectivity index (χ3n) is 3.33. The molecule has 0 saturated heterocycles. The zero-order chi connectivity index (χ0) is 17.6. The van der Waals surface area contributed by atoms with Gasteiger partial charge in [-0.05, 0) is 26.0 Å². The Balaban J connectivity index is 1.90. The summed E-state index contributed by atoms with van der Waals surface area (Å²) in [5.74, 6) is -0.0528. The van der Waals surface area contributed by atoms with Crippen LogP contribution in [0.4, 0.5) is 13.6 Å². The molecule has 0 aliphatic carbocycles. The quantitative estimate of drug-likeness (QED) is 0.826. The van der Waals surface area contributed by atoms with Crippen molar-refractivity contribution in [1.82, 2.24) is 34.7 Å². The standard InChI is InChI=1S/C13H17F2N7O2/c1-13(2,3)24-12(23)21-5-7-8(6-21)22(11(14)15)10(16-7)9-17-19-20(4)18-9/h11H,5-6H2,1-4H3. The van der Waals surface area contributed by atoms with E-state index in [1.807, 2.05) is 0 Å². The predicted octanol–water partition coefficient (Wildman–Crippen LogP) is 1.72. The summed E-state index contributed by atoms with van der Waals surface area (Å²) in [7, 11) is 1.53. The van der Waals surface area contributed by atoms with Gasteiger partial charge in [0.05, 0.1) is 31.5 Å².